The number of halogens is 2. The molecule has 1 heterocycles. The van der Waals surface area contributed by atoms with Crippen LogP contribution in [0.5, 0.6) is 11.5 Å². The maximum Gasteiger partial charge on any atom is 0.350 e. The van der Waals surface area contributed by atoms with Crippen molar-refractivity contribution in [1.82, 2.24) is 0 Å². The highest BCUT2D eigenvalue weighted by atomic mass is 35.5. The zero-order chi connectivity index (χ0) is 22.7. The third-order valence-electron chi connectivity index (χ3n) is 4.11. The third kappa shape index (κ3) is 4.66. The van der Waals surface area contributed by atoms with Crippen molar-refractivity contribution in [3.63, 3.8) is 0 Å². The monoisotopic (exact) mass is 484 g/mol. The molecule has 0 aliphatic rings. The molecule has 0 unspecified atom stereocenters. The number of hydrogen-bond donors (Lipinski definition) is 1. The van der Waals surface area contributed by atoms with E-state index in [1.54, 1.807) is 12.1 Å². The van der Waals surface area contributed by atoms with E-state index in [1.165, 1.54) is 26.4 Å². The second-order valence-corrected chi connectivity index (χ2v) is 7.75. The molecule has 1 N–H and O–H groups in total. The molecule has 12 heteroatoms. The summed E-state index contributed by atoms with van der Waals surface area (Å²) in [5.74, 6) is -0.946. The SMILES string of the molecule is COc1cc([N+](=O)[O-])ccc1NC(=O)COC(=O)c1sc2c(Cl)c(OC)ccc2c1Cl. The molecule has 1 aromatic heterocycles. The second kappa shape index (κ2) is 9.38. The van der Waals surface area contributed by atoms with Gasteiger partial charge in [-0.05, 0) is 18.2 Å². The van der Waals surface area contributed by atoms with Crippen LogP contribution in [0.15, 0.2) is 30.3 Å². The highest BCUT2D eigenvalue weighted by Crippen LogP contribution is 2.43. The van der Waals surface area contributed by atoms with Crippen LogP contribution in [0.1, 0.15) is 9.67 Å². The van der Waals surface area contributed by atoms with Gasteiger partial charge in [0.2, 0.25) is 0 Å². The van der Waals surface area contributed by atoms with Crippen molar-refractivity contribution in [3.05, 3.63) is 55.4 Å². The molecule has 0 aliphatic carbocycles. The molecular weight excluding hydrogens is 471 g/mol. The summed E-state index contributed by atoms with van der Waals surface area (Å²) < 4.78 is 15.8. The number of non-ortho nitro benzene ring substituents is 1. The smallest absolute Gasteiger partial charge is 0.350 e. The van der Waals surface area contributed by atoms with E-state index in [9.17, 15) is 19.7 Å². The standard InChI is InChI=1S/C19H14Cl2N2O7S/c1-28-12-6-4-10-15(20)18(31-17(10)16(12)21)19(25)30-8-14(24)22-11-5-3-9(23(26)27)7-13(11)29-2/h3-7H,8H2,1-2H3,(H,22,24). The first kappa shape index (κ1) is 22.6. The number of esters is 1. The number of thiophene rings is 1. The predicted octanol–water partition coefficient (Wildman–Crippen LogP) is 4.93. The number of ether oxygens (including phenoxy) is 3. The van der Waals surface area contributed by atoms with Crippen molar-refractivity contribution in [1.29, 1.82) is 0 Å². The van der Waals surface area contributed by atoms with E-state index in [1.807, 2.05) is 0 Å². The van der Waals surface area contributed by atoms with Gasteiger partial charge in [-0.1, -0.05) is 23.2 Å². The Kier molecular flexibility index (Phi) is 6.84. The molecule has 1 amide bonds. The Labute approximate surface area is 189 Å². The topological polar surface area (TPSA) is 117 Å². The Balaban J connectivity index is 1.71. The number of methoxy groups -OCH3 is 2. The molecule has 162 valence electrons. The highest BCUT2D eigenvalue weighted by molar-refractivity contribution is 7.22. The molecule has 3 rings (SSSR count). The van der Waals surface area contributed by atoms with Crippen LogP contribution in [0.4, 0.5) is 11.4 Å². The van der Waals surface area contributed by atoms with Gasteiger partial charge in [-0.25, -0.2) is 4.79 Å². The molecule has 9 nitrogen and oxygen atoms in total. The molecular formula is C19H14Cl2N2O7S. The van der Waals surface area contributed by atoms with Crippen molar-refractivity contribution in [2.45, 2.75) is 0 Å². The molecule has 0 saturated carbocycles. The minimum absolute atomic E-state index is 0.0880. The first-order valence-electron chi connectivity index (χ1n) is 8.50. The second-order valence-electron chi connectivity index (χ2n) is 5.97. The van der Waals surface area contributed by atoms with Gasteiger partial charge in [0.1, 0.15) is 21.4 Å². The van der Waals surface area contributed by atoms with E-state index in [0.29, 0.717) is 20.9 Å². The molecule has 31 heavy (non-hydrogen) atoms. The summed E-state index contributed by atoms with van der Waals surface area (Å²) in [7, 11) is 2.77. The van der Waals surface area contributed by atoms with Gasteiger partial charge in [0.25, 0.3) is 11.6 Å². The summed E-state index contributed by atoms with van der Waals surface area (Å²) in [6.07, 6.45) is 0. The van der Waals surface area contributed by atoms with Crippen LogP contribution in [0, 0.1) is 10.1 Å². The van der Waals surface area contributed by atoms with E-state index < -0.39 is 23.4 Å². The molecule has 0 fully saturated rings. The number of carbonyl (C=O) groups is 2. The Morgan fingerprint density at radius 2 is 1.81 bits per heavy atom. The number of nitro benzene ring substituents is 1. The summed E-state index contributed by atoms with van der Waals surface area (Å²) >= 11 is 13.6. The fraction of sp³-hybridized carbons (Fsp3) is 0.158. The van der Waals surface area contributed by atoms with Crippen LogP contribution in [-0.4, -0.2) is 37.6 Å². The van der Waals surface area contributed by atoms with Crippen LogP contribution in [-0.2, 0) is 9.53 Å². The number of hydrogen-bond acceptors (Lipinski definition) is 8. The van der Waals surface area contributed by atoms with Gasteiger partial charge in [0.15, 0.2) is 6.61 Å². The van der Waals surface area contributed by atoms with Gasteiger partial charge in [0.05, 0.1) is 40.6 Å². The molecule has 0 radical (unpaired) electrons. The number of rotatable bonds is 7. The number of anilines is 1. The minimum atomic E-state index is -0.799. The van der Waals surface area contributed by atoms with E-state index in [2.05, 4.69) is 5.32 Å². The van der Waals surface area contributed by atoms with Gasteiger partial charge < -0.3 is 19.5 Å². The number of fused-ring (bicyclic) bond motifs is 1. The lowest BCUT2D eigenvalue weighted by atomic mass is 10.2. The lowest BCUT2D eigenvalue weighted by molar-refractivity contribution is -0.384. The van der Waals surface area contributed by atoms with Crippen LogP contribution in [0.25, 0.3) is 10.1 Å². The van der Waals surface area contributed by atoms with Crippen LogP contribution < -0.4 is 14.8 Å². The number of amides is 1. The Morgan fingerprint density at radius 3 is 2.45 bits per heavy atom. The lowest BCUT2D eigenvalue weighted by Gasteiger charge is -2.10. The summed E-state index contributed by atoms with van der Waals surface area (Å²) in [5, 5.41) is 14.3. The normalized spacial score (nSPS) is 10.6. The van der Waals surface area contributed by atoms with Gasteiger partial charge >= 0.3 is 5.97 Å². The number of carbonyl (C=O) groups excluding carboxylic acids is 2. The molecule has 0 saturated heterocycles. The van der Waals surface area contributed by atoms with Crippen molar-refractivity contribution >= 4 is 67.9 Å². The summed E-state index contributed by atoms with van der Waals surface area (Å²) in [6.45, 7) is -0.611. The first-order valence-corrected chi connectivity index (χ1v) is 10.1. The molecule has 0 spiro atoms. The average molecular weight is 485 g/mol. The molecule has 2 aromatic carbocycles. The van der Waals surface area contributed by atoms with Crippen molar-refractivity contribution < 1.29 is 28.7 Å². The third-order valence-corrected chi connectivity index (χ3v) is 6.31. The van der Waals surface area contributed by atoms with Gasteiger partial charge in [-0.2, -0.15) is 0 Å². The fourth-order valence-electron chi connectivity index (χ4n) is 2.65. The lowest BCUT2D eigenvalue weighted by Crippen LogP contribution is -2.21. The van der Waals surface area contributed by atoms with Crippen molar-refractivity contribution in [2.24, 2.45) is 0 Å². The van der Waals surface area contributed by atoms with E-state index >= 15 is 0 Å². The molecule has 0 aliphatic heterocycles. The molecule has 0 bridgehead atoms. The number of nitro groups is 1. The highest BCUT2D eigenvalue weighted by Gasteiger charge is 2.22. The largest absolute Gasteiger partial charge is 0.495 e. The summed E-state index contributed by atoms with van der Waals surface area (Å²) in [5.41, 5.74) is -0.0103. The van der Waals surface area contributed by atoms with Crippen LogP contribution >= 0.6 is 34.5 Å². The maximum absolute atomic E-state index is 12.5. The fourth-order valence-corrected chi connectivity index (χ4v) is 4.43. The van der Waals surface area contributed by atoms with E-state index in [0.717, 1.165) is 17.4 Å². The van der Waals surface area contributed by atoms with Crippen LogP contribution in [0.3, 0.4) is 0 Å². The van der Waals surface area contributed by atoms with Crippen molar-refractivity contribution in [2.75, 3.05) is 26.1 Å². The Hall–Kier alpha value is -3.08. The Bertz CT molecular complexity index is 1200. The zero-order valence-corrected chi connectivity index (χ0v) is 18.4. The number of nitrogens with zero attached hydrogens (tertiary/aromatic N) is 1. The number of nitrogens with one attached hydrogen (secondary N) is 1. The van der Waals surface area contributed by atoms with Crippen molar-refractivity contribution in [3.8, 4) is 11.5 Å². The summed E-state index contributed by atoms with van der Waals surface area (Å²) in [4.78, 5) is 35.0. The maximum atomic E-state index is 12.5. The number of benzene rings is 2. The quantitative estimate of drug-likeness (QED) is 0.287. The van der Waals surface area contributed by atoms with Crippen LogP contribution in [0.2, 0.25) is 10.0 Å². The van der Waals surface area contributed by atoms with Gasteiger partial charge in [-0.3, -0.25) is 14.9 Å². The first-order chi connectivity index (χ1) is 14.8. The molecule has 0 atom stereocenters. The minimum Gasteiger partial charge on any atom is -0.495 e. The van der Waals surface area contributed by atoms with Gasteiger partial charge in [0, 0.05) is 11.5 Å². The Morgan fingerprint density at radius 1 is 1.10 bits per heavy atom. The van der Waals surface area contributed by atoms with Gasteiger partial charge in [-0.15, -0.1) is 11.3 Å². The molecule has 3 aromatic rings. The zero-order valence-electron chi connectivity index (χ0n) is 16.1. The average Bonchev–Trinajstić information content (AvgIpc) is 3.10. The predicted molar refractivity (Wildman–Crippen MR) is 117 cm³/mol. The van der Waals surface area contributed by atoms with E-state index in [-0.39, 0.29) is 27.0 Å². The van der Waals surface area contributed by atoms with E-state index in [4.69, 9.17) is 37.4 Å². The summed E-state index contributed by atoms with van der Waals surface area (Å²) in [6, 6.07) is 6.98.